The molecule has 0 saturated carbocycles. The van der Waals surface area contributed by atoms with E-state index >= 15 is 0 Å². The number of benzene rings is 1. The normalized spacial score (nSPS) is 8.43. The molecule has 1 aromatic carbocycles. The highest BCUT2D eigenvalue weighted by atomic mass is 24.4. The van der Waals surface area contributed by atoms with E-state index in [0.717, 1.165) is 0 Å². The van der Waals surface area contributed by atoms with E-state index in [4.69, 9.17) is 0 Å². The van der Waals surface area contributed by atoms with Crippen molar-refractivity contribution in [3.8, 4) is 0 Å². The van der Waals surface area contributed by atoms with Crippen molar-refractivity contribution in [3.63, 3.8) is 0 Å². The molecule has 0 spiro atoms. The van der Waals surface area contributed by atoms with E-state index in [1.807, 2.05) is 39.9 Å². The van der Waals surface area contributed by atoms with Gasteiger partial charge in [-0.2, -0.15) is 0 Å². The molecular formula is C6H5Mg. The SMILES string of the molecule is [Mg][c]1ccccc1. The minimum Gasteiger partial charge on any atom is -0.208 e. The maximum Gasteiger partial charge on any atom is 0.276 e. The van der Waals surface area contributed by atoms with Crippen LogP contribution in [0.5, 0.6) is 0 Å². The minimum atomic E-state index is 1.35. The van der Waals surface area contributed by atoms with Crippen LogP contribution in [0.25, 0.3) is 0 Å². The first kappa shape index (κ1) is 5.13. The molecule has 0 aliphatic carbocycles. The van der Waals surface area contributed by atoms with E-state index in [0.29, 0.717) is 0 Å². The second kappa shape index (κ2) is 2.33. The highest BCUT2D eigenvalue weighted by Crippen LogP contribution is 1.76. The quantitative estimate of drug-likeness (QED) is 0.417. The van der Waals surface area contributed by atoms with Crippen molar-refractivity contribution in [2.45, 2.75) is 0 Å². The third-order valence-electron chi connectivity index (χ3n) is 0.843. The van der Waals surface area contributed by atoms with Crippen LogP contribution in [-0.2, 0) is 0 Å². The molecule has 1 rings (SSSR count). The fourth-order valence-electron chi connectivity index (χ4n) is 0.478. The minimum absolute atomic E-state index is 1.35. The van der Waals surface area contributed by atoms with Gasteiger partial charge in [-0.15, -0.1) is 0 Å². The molecule has 0 aromatic heterocycles. The third-order valence-corrected chi connectivity index (χ3v) is 1.31. The van der Waals surface area contributed by atoms with Gasteiger partial charge in [0.1, 0.15) is 0 Å². The Morgan fingerprint density at radius 2 is 1.57 bits per heavy atom. The summed E-state index contributed by atoms with van der Waals surface area (Å²) in [6.07, 6.45) is 0. The molecule has 0 amide bonds. The molecule has 0 unspecified atom stereocenters. The molecule has 0 fully saturated rings. The summed E-state index contributed by atoms with van der Waals surface area (Å²) in [6, 6.07) is 10.3. The van der Waals surface area contributed by atoms with Crippen LogP contribution in [-0.4, -0.2) is 21.7 Å². The van der Waals surface area contributed by atoms with Gasteiger partial charge in [-0.3, -0.25) is 0 Å². The van der Waals surface area contributed by atoms with Crippen LogP contribution in [0.3, 0.4) is 0 Å². The van der Waals surface area contributed by atoms with Crippen LogP contribution in [0.15, 0.2) is 30.3 Å². The van der Waals surface area contributed by atoms with E-state index in [1.54, 1.807) is 0 Å². The van der Waals surface area contributed by atoms with Gasteiger partial charge in [0.25, 0.3) is 21.7 Å². The molecule has 0 aliphatic rings. The van der Waals surface area contributed by atoms with Gasteiger partial charge in [0.05, 0.1) is 0 Å². The Morgan fingerprint density at radius 1 is 1.00 bits per heavy atom. The molecule has 1 aromatic rings. The van der Waals surface area contributed by atoms with Crippen LogP contribution in [0, 0.1) is 0 Å². The monoisotopic (exact) mass is 101 g/mol. The molecule has 31 valence electrons. The average molecular weight is 101 g/mol. The van der Waals surface area contributed by atoms with E-state index in [-0.39, 0.29) is 0 Å². The van der Waals surface area contributed by atoms with Gasteiger partial charge in [-0.1, -0.05) is 30.3 Å². The summed E-state index contributed by atoms with van der Waals surface area (Å²) in [6.45, 7) is 0. The Balaban J connectivity index is 3.02. The molecule has 0 heterocycles. The van der Waals surface area contributed by atoms with Crippen molar-refractivity contribution in [2.75, 3.05) is 0 Å². The van der Waals surface area contributed by atoms with Gasteiger partial charge in [0.15, 0.2) is 0 Å². The van der Waals surface area contributed by atoms with Gasteiger partial charge >= 0.3 is 0 Å². The predicted octanol–water partition coefficient (Wildman–Crippen LogP) is 0.480. The molecule has 0 saturated heterocycles. The standard InChI is InChI=1S/C6H5.Mg/c1-2-4-6-5-3-1;/h1-5H;. The van der Waals surface area contributed by atoms with E-state index in [1.165, 1.54) is 3.69 Å². The van der Waals surface area contributed by atoms with Crippen molar-refractivity contribution < 1.29 is 0 Å². The summed E-state index contributed by atoms with van der Waals surface area (Å²) in [7, 11) is 0. The number of hydrogen-bond acceptors (Lipinski definition) is 0. The molecule has 1 radical (unpaired) electrons. The fourth-order valence-corrected chi connectivity index (χ4v) is 0.750. The summed E-state index contributed by atoms with van der Waals surface area (Å²) in [4.78, 5) is 0. The first-order valence-corrected chi connectivity index (χ1v) is 2.97. The number of rotatable bonds is 0. The van der Waals surface area contributed by atoms with Crippen molar-refractivity contribution >= 4 is 25.4 Å². The molecular weight excluding hydrogens is 96.4 g/mol. The van der Waals surface area contributed by atoms with E-state index < -0.39 is 0 Å². The maximum atomic E-state index is 2.10. The lowest BCUT2D eigenvalue weighted by Gasteiger charge is -1.86. The van der Waals surface area contributed by atoms with Gasteiger partial charge in [-0.25, -0.2) is 3.69 Å². The summed E-state index contributed by atoms with van der Waals surface area (Å²) in [5, 5.41) is 0. The second-order valence-corrected chi connectivity index (χ2v) is 2.30. The highest BCUT2D eigenvalue weighted by molar-refractivity contribution is 6.32. The van der Waals surface area contributed by atoms with Crippen LogP contribution in [0.2, 0.25) is 0 Å². The fraction of sp³-hybridized carbons (Fsp3) is 0. The third kappa shape index (κ3) is 1.49. The molecule has 0 N–H and O–H groups in total. The van der Waals surface area contributed by atoms with E-state index in [9.17, 15) is 0 Å². The zero-order valence-corrected chi connectivity index (χ0v) is 5.51. The second-order valence-electron chi connectivity index (χ2n) is 1.49. The van der Waals surface area contributed by atoms with Crippen molar-refractivity contribution in [1.29, 1.82) is 0 Å². The van der Waals surface area contributed by atoms with Crippen LogP contribution >= 0.6 is 0 Å². The Morgan fingerprint density at radius 3 is 1.86 bits per heavy atom. The zero-order valence-electron chi connectivity index (χ0n) is 4.09. The number of hydrogen-bond donors (Lipinski definition) is 0. The van der Waals surface area contributed by atoms with Gasteiger partial charge in [0, 0.05) is 0 Å². The van der Waals surface area contributed by atoms with Crippen LogP contribution < -0.4 is 3.69 Å². The average Bonchev–Trinajstić information content (AvgIpc) is 1.69. The van der Waals surface area contributed by atoms with E-state index in [2.05, 4.69) is 12.1 Å². The maximum absolute atomic E-state index is 2.10. The van der Waals surface area contributed by atoms with Gasteiger partial charge in [-0.05, 0) is 0 Å². The van der Waals surface area contributed by atoms with Gasteiger partial charge in [0.2, 0.25) is 0 Å². The Bertz CT molecular complexity index is 134. The molecule has 1 heteroatoms. The molecule has 7 heavy (non-hydrogen) atoms. The summed E-state index contributed by atoms with van der Waals surface area (Å²) in [5.74, 6) is 0. The molecule has 0 bridgehead atoms. The summed E-state index contributed by atoms with van der Waals surface area (Å²) in [5.41, 5.74) is 0. The molecule has 0 atom stereocenters. The highest BCUT2D eigenvalue weighted by Gasteiger charge is 1.70. The summed E-state index contributed by atoms with van der Waals surface area (Å²) >= 11 is 1.90. The Kier molecular flexibility index (Phi) is 1.71. The van der Waals surface area contributed by atoms with Crippen molar-refractivity contribution in [1.82, 2.24) is 0 Å². The zero-order chi connectivity index (χ0) is 5.11. The topological polar surface area (TPSA) is 0 Å². The predicted molar refractivity (Wildman–Crippen MR) is 31.8 cm³/mol. The lowest BCUT2D eigenvalue weighted by atomic mass is 10.4. The first-order chi connectivity index (χ1) is 3.39. The van der Waals surface area contributed by atoms with Crippen LogP contribution in [0.4, 0.5) is 0 Å². The van der Waals surface area contributed by atoms with Crippen molar-refractivity contribution in [2.24, 2.45) is 0 Å². The summed E-state index contributed by atoms with van der Waals surface area (Å²) < 4.78 is 1.35. The Hall–Kier alpha value is -0.0138. The molecule has 0 nitrogen and oxygen atoms in total. The lowest BCUT2D eigenvalue weighted by Crippen LogP contribution is -1.97. The van der Waals surface area contributed by atoms with Crippen LogP contribution in [0.1, 0.15) is 0 Å². The largest absolute Gasteiger partial charge is 0.276 e. The smallest absolute Gasteiger partial charge is 0.208 e. The van der Waals surface area contributed by atoms with Crippen molar-refractivity contribution in [3.05, 3.63) is 30.3 Å². The van der Waals surface area contributed by atoms with Gasteiger partial charge < -0.3 is 0 Å². The first-order valence-electron chi connectivity index (χ1n) is 2.26. The Labute approximate surface area is 56.0 Å². The molecule has 0 aliphatic heterocycles. The lowest BCUT2D eigenvalue weighted by molar-refractivity contribution is 1.78.